The average molecular weight is 373 g/mol. The first kappa shape index (κ1) is 16.7. The quantitative estimate of drug-likeness (QED) is 0.834. The van der Waals surface area contributed by atoms with Crippen molar-refractivity contribution >= 4 is 27.9 Å². The summed E-state index contributed by atoms with van der Waals surface area (Å²) in [5, 5.41) is 11.5. The molecule has 7 heteroatoms. The van der Waals surface area contributed by atoms with Gasteiger partial charge in [0.2, 0.25) is 0 Å². The van der Waals surface area contributed by atoms with Gasteiger partial charge < -0.3 is 15.3 Å². The summed E-state index contributed by atoms with van der Waals surface area (Å²) >= 11 is 3.17. The number of rotatable bonds is 5. The molecule has 5 nitrogen and oxygen atoms in total. The van der Waals surface area contributed by atoms with Gasteiger partial charge in [-0.05, 0) is 52.4 Å². The molecular weight excluding hydrogens is 355 g/mol. The molecule has 2 amide bonds. The van der Waals surface area contributed by atoms with Crippen LogP contribution in [0.4, 0.5) is 9.18 Å². The lowest BCUT2D eigenvalue weighted by Crippen LogP contribution is -2.48. The zero-order chi connectivity index (χ0) is 16.3. The van der Waals surface area contributed by atoms with Crippen LogP contribution >= 0.6 is 15.9 Å². The predicted molar refractivity (Wildman–Crippen MR) is 83.3 cm³/mol. The largest absolute Gasteiger partial charge is 0.481 e. The molecule has 0 heterocycles. The van der Waals surface area contributed by atoms with E-state index in [1.165, 1.54) is 11.0 Å². The van der Waals surface area contributed by atoms with Crippen molar-refractivity contribution in [3.63, 3.8) is 0 Å². The first-order valence-corrected chi connectivity index (χ1v) is 7.84. The topological polar surface area (TPSA) is 69.6 Å². The summed E-state index contributed by atoms with van der Waals surface area (Å²) in [6.07, 6.45) is 1.54. The zero-order valence-electron chi connectivity index (χ0n) is 12.2. The summed E-state index contributed by atoms with van der Waals surface area (Å²) in [7, 11) is 1.57. The highest BCUT2D eigenvalue weighted by atomic mass is 79.9. The minimum Gasteiger partial charge on any atom is -0.481 e. The van der Waals surface area contributed by atoms with E-state index < -0.39 is 5.97 Å². The van der Waals surface area contributed by atoms with E-state index in [0.717, 1.165) is 18.4 Å². The molecule has 1 aromatic carbocycles. The number of carboxylic acid groups (broad SMARTS) is 1. The number of hydrogen-bond donors (Lipinski definition) is 2. The maximum Gasteiger partial charge on any atom is 0.317 e. The standard InChI is InChI=1S/C15H18BrFN2O3/c1-19(5-4-14(20)21)15(22)18-11-6-10(7-11)9-2-3-13(17)12(16)8-9/h2-3,8,10-11H,4-7H2,1H3,(H,18,22)(H,20,21). The van der Waals surface area contributed by atoms with Gasteiger partial charge in [-0.2, -0.15) is 0 Å². The van der Waals surface area contributed by atoms with Crippen LogP contribution < -0.4 is 5.32 Å². The van der Waals surface area contributed by atoms with Crippen LogP contribution in [0, 0.1) is 5.82 Å². The molecule has 0 radical (unpaired) electrons. The third kappa shape index (κ3) is 4.19. The van der Waals surface area contributed by atoms with E-state index >= 15 is 0 Å². The maximum atomic E-state index is 13.2. The number of aliphatic carboxylic acids is 1. The molecule has 22 heavy (non-hydrogen) atoms. The van der Waals surface area contributed by atoms with Gasteiger partial charge in [0.15, 0.2) is 0 Å². The molecular formula is C15H18BrFN2O3. The highest BCUT2D eigenvalue weighted by Crippen LogP contribution is 2.38. The fourth-order valence-electron chi connectivity index (χ4n) is 2.42. The van der Waals surface area contributed by atoms with E-state index in [0.29, 0.717) is 10.4 Å². The normalized spacial score (nSPS) is 20.1. The molecule has 2 N–H and O–H groups in total. The molecule has 0 unspecified atom stereocenters. The molecule has 1 aliphatic carbocycles. The Bertz CT molecular complexity index is 576. The van der Waals surface area contributed by atoms with Crippen LogP contribution in [-0.2, 0) is 4.79 Å². The van der Waals surface area contributed by atoms with E-state index in [2.05, 4.69) is 21.2 Å². The van der Waals surface area contributed by atoms with Crippen molar-refractivity contribution in [3.05, 3.63) is 34.1 Å². The average Bonchev–Trinajstić information content (AvgIpc) is 2.42. The van der Waals surface area contributed by atoms with Crippen molar-refractivity contribution in [2.75, 3.05) is 13.6 Å². The van der Waals surface area contributed by atoms with E-state index in [4.69, 9.17) is 5.11 Å². The molecule has 1 aliphatic rings. The molecule has 0 atom stereocenters. The van der Waals surface area contributed by atoms with Crippen LogP contribution in [0.3, 0.4) is 0 Å². The van der Waals surface area contributed by atoms with Gasteiger partial charge in [0.05, 0.1) is 10.9 Å². The van der Waals surface area contributed by atoms with Gasteiger partial charge in [-0.1, -0.05) is 6.07 Å². The van der Waals surface area contributed by atoms with Crippen LogP contribution in [0.1, 0.15) is 30.7 Å². The number of carbonyl (C=O) groups excluding carboxylic acids is 1. The molecule has 120 valence electrons. The molecule has 2 rings (SSSR count). The predicted octanol–water partition coefficient (Wildman–Crippen LogP) is 2.95. The van der Waals surface area contributed by atoms with E-state index in [1.807, 2.05) is 0 Å². The molecule has 0 saturated heterocycles. The smallest absolute Gasteiger partial charge is 0.317 e. The van der Waals surface area contributed by atoms with Crippen LogP contribution in [0.25, 0.3) is 0 Å². The lowest BCUT2D eigenvalue weighted by Gasteiger charge is -2.37. The van der Waals surface area contributed by atoms with Crippen LogP contribution in [0.5, 0.6) is 0 Å². The van der Waals surface area contributed by atoms with Crippen molar-refractivity contribution in [1.29, 1.82) is 0 Å². The van der Waals surface area contributed by atoms with Crippen molar-refractivity contribution in [2.45, 2.75) is 31.2 Å². The van der Waals surface area contributed by atoms with Crippen molar-refractivity contribution < 1.29 is 19.1 Å². The van der Waals surface area contributed by atoms with Gasteiger partial charge in [0.25, 0.3) is 0 Å². The number of amides is 2. The molecule has 1 saturated carbocycles. The first-order chi connectivity index (χ1) is 10.4. The van der Waals surface area contributed by atoms with E-state index in [9.17, 15) is 14.0 Å². The number of urea groups is 1. The number of benzene rings is 1. The number of carboxylic acids is 1. The number of hydrogen-bond acceptors (Lipinski definition) is 2. The van der Waals surface area contributed by atoms with Gasteiger partial charge in [0, 0.05) is 19.6 Å². The molecule has 1 aromatic rings. The fourth-order valence-corrected chi connectivity index (χ4v) is 2.82. The Labute approximate surface area is 136 Å². The van der Waals surface area contributed by atoms with Gasteiger partial charge in [0.1, 0.15) is 5.82 Å². The number of nitrogens with one attached hydrogen (secondary N) is 1. The number of carbonyl (C=O) groups is 2. The number of halogens is 2. The summed E-state index contributed by atoms with van der Waals surface area (Å²) in [6.45, 7) is 0.183. The number of nitrogens with zero attached hydrogens (tertiary/aromatic N) is 1. The van der Waals surface area contributed by atoms with Crippen LogP contribution in [-0.4, -0.2) is 41.6 Å². The van der Waals surface area contributed by atoms with Crippen LogP contribution in [0.15, 0.2) is 22.7 Å². The Kier molecular flexibility index (Phi) is 5.39. The van der Waals surface area contributed by atoms with E-state index in [1.54, 1.807) is 19.2 Å². The maximum absolute atomic E-state index is 13.2. The summed E-state index contributed by atoms with van der Waals surface area (Å²) in [5.74, 6) is -0.898. The van der Waals surface area contributed by atoms with Gasteiger partial charge in [-0.3, -0.25) is 4.79 Å². The SMILES string of the molecule is CN(CCC(=O)O)C(=O)NC1CC(c2ccc(F)c(Br)c2)C1. The Morgan fingerprint density at radius 3 is 2.73 bits per heavy atom. The highest BCUT2D eigenvalue weighted by molar-refractivity contribution is 9.10. The van der Waals surface area contributed by atoms with Gasteiger partial charge in [-0.15, -0.1) is 0 Å². The van der Waals surface area contributed by atoms with Crippen molar-refractivity contribution in [1.82, 2.24) is 10.2 Å². The zero-order valence-corrected chi connectivity index (χ0v) is 13.8. The molecule has 1 fully saturated rings. The summed E-state index contributed by atoms with van der Waals surface area (Å²) in [5.41, 5.74) is 1.05. The minimum atomic E-state index is -0.926. The molecule has 0 aromatic heterocycles. The Hall–Kier alpha value is -1.63. The first-order valence-electron chi connectivity index (χ1n) is 7.05. The summed E-state index contributed by atoms with van der Waals surface area (Å²) in [6, 6.07) is 4.79. The lowest BCUT2D eigenvalue weighted by molar-refractivity contribution is -0.137. The van der Waals surface area contributed by atoms with Crippen molar-refractivity contribution in [3.8, 4) is 0 Å². The Balaban J connectivity index is 1.78. The van der Waals surface area contributed by atoms with Crippen LogP contribution in [0.2, 0.25) is 0 Å². The fraction of sp³-hybridized carbons (Fsp3) is 0.467. The highest BCUT2D eigenvalue weighted by Gasteiger charge is 2.32. The summed E-state index contributed by atoms with van der Waals surface area (Å²) < 4.78 is 13.6. The van der Waals surface area contributed by atoms with Gasteiger partial charge >= 0.3 is 12.0 Å². The second-order valence-electron chi connectivity index (χ2n) is 5.55. The minimum absolute atomic E-state index is 0.0686. The lowest BCUT2D eigenvalue weighted by atomic mass is 9.76. The third-order valence-corrected chi connectivity index (χ3v) is 4.50. The van der Waals surface area contributed by atoms with E-state index in [-0.39, 0.29) is 30.9 Å². The Morgan fingerprint density at radius 1 is 1.45 bits per heavy atom. The molecule has 0 bridgehead atoms. The molecule has 0 spiro atoms. The second-order valence-corrected chi connectivity index (χ2v) is 6.41. The Morgan fingerprint density at radius 2 is 2.14 bits per heavy atom. The summed E-state index contributed by atoms with van der Waals surface area (Å²) in [4.78, 5) is 23.7. The monoisotopic (exact) mass is 372 g/mol. The van der Waals surface area contributed by atoms with Gasteiger partial charge in [-0.25, -0.2) is 9.18 Å². The van der Waals surface area contributed by atoms with Crippen molar-refractivity contribution in [2.24, 2.45) is 0 Å². The second kappa shape index (κ2) is 7.09. The third-order valence-electron chi connectivity index (χ3n) is 3.89. The molecule has 0 aliphatic heterocycles.